The van der Waals surface area contributed by atoms with E-state index in [1.54, 1.807) is 18.2 Å². The highest BCUT2D eigenvalue weighted by molar-refractivity contribution is 5.80. The Morgan fingerprint density at radius 2 is 1.45 bits per heavy atom. The van der Waals surface area contributed by atoms with Gasteiger partial charge in [-0.25, -0.2) is 0 Å². The molecule has 0 aromatic heterocycles. The lowest BCUT2D eigenvalue weighted by Crippen LogP contribution is -2.36. The molecule has 0 radical (unpaired) electrons. The van der Waals surface area contributed by atoms with E-state index >= 15 is 0 Å². The van der Waals surface area contributed by atoms with Gasteiger partial charge in [0.05, 0.1) is 5.69 Å². The fourth-order valence-corrected chi connectivity index (χ4v) is 2.18. The first-order valence-electron chi connectivity index (χ1n) is 6.83. The summed E-state index contributed by atoms with van der Waals surface area (Å²) >= 11 is 0. The lowest BCUT2D eigenvalue weighted by Gasteiger charge is -2.15. The standard InChI is InChI=1S/C17H14N2O3/c20-13-9-5-4-8-12(13)19-15-14(16(21)17(15)22)18-10-11-6-2-1-3-7-11/h1-9,18-20H,10H2. The molecule has 0 amide bonds. The van der Waals surface area contributed by atoms with Crippen molar-refractivity contribution in [2.24, 2.45) is 0 Å². The molecular weight excluding hydrogens is 280 g/mol. The maximum atomic E-state index is 11.7. The fourth-order valence-electron chi connectivity index (χ4n) is 2.18. The average molecular weight is 294 g/mol. The molecular formula is C17H14N2O3. The van der Waals surface area contributed by atoms with Crippen LogP contribution in [-0.4, -0.2) is 5.11 Å². The molecule has 0 fully saturated rings. The first-order valence-corrected chi connectivity index (χ1v) is 6.83. The summed E-state index contributed by atoms with van der Waals surface area (Å²) in [6, 6.07) is 16.1. The third-order valence-corrected chi connectivity index (χ3v) is 3.39. The summed E-state index contributed by atoms with van der Waals surface area (Å²) in [7, 11) is 0. The minimum atomic E-state index is -0.584. The number of para-hydroxylation sites is 2. The van der Waals surface area contributed by atoms with Crippen molar-refractivity contribution in [2.75, 3.05) is 10.6 Å². The monoisotopic (exact) mass is 294 g/mol. The Balaban J connectivity index is 1.79. The molecule has 3 aromatic carbocycles. The lowest BCUT2D eigenvalue weighted by atomic mass is 10.1. The van der Waals surface area contributed by atoms with E-state index in [-0.39, 0.29) is 17.1 Å². The van der Waals surface area contributed by atoms with Gasteiger partial charge in [-0.15, -0.1) is 0 Å². The topological polar surface area (TPSA) is 78.4 Å². The number of benzene rings is 2. The average Bonchev–Trinajstić information content (AvgIpc) is 2.56. The van der Waals surface area contributed by atoms with E-state index in [1.165, 1.54) is 6.07 Å². The number of hydrogen-bond donors (Lipinski definition) is 3. The van der Waals surface area contributed by atoms with Gasteiger partial charge in [-0.3, -0.25) is 9.59 Å². The van der Waals surface area contributed by atoms with Gasteiger partial charge in [-0.2, -0.15) is 0 Å². The predicted octanol–water partition coefficient (Wildman–Crippen LogP) is 2.34. The highest BCUT2D eigenvalue weighted by atomic mass is 16.3. The van der Waals surface area contributed by atoms with Crippen molar-refractivity contribution in [2.45, 2.75) is 6.54 Å². The van der Waals surface area contributed by atoms with Gasteiger partial charge in [0.1, 0.15) is 17.1 Å². The first kappa shape index (κ1) is 13.9. The number of rotatable bonds is 5. The van der Waals surface area contributed by atoms with E-state index in [0.717, 1.165) is 5.56 Å². The van der Waals surface area contributed by atoms with Crippen LogP contribution in [0.1, 0.15) is 5.56 Å². The Labute approximate surface area is 126 Å². The summed E-state index contributed by atoms with van der Waals surface area (Å²) in [6.45, 7) is 0.446. The number of hydrogen-bond acceptors (Lipinski definition) is 5. The zero-order valence-corrected chi connectivity index (χ0v) is 11.7. The lowest BCUT2D eigenvalue weighted by molar-refractivity contribution is 0.478. The second kappa shape index (κ2) is 5.73. The summed E-state index contributed by atoms with van der Waals surface area (Å²) in [5, 5.41) is 15.5. The predicted molar refractivity (Wildman–Crippen MR) is 86.5 cm³/mol. The summed E-state index contributed by atoms with van der Waals surface area (Å²) < 4.78 is 0. The molecule has 5 nitrogen and oxygen atoms in total. The number of phenolic OH excluding ortho intramolecular Hbond substituents is 1. The molecule has 0 saturated carbocycles. The molecule has 0 atom stereocenters. The van der Waals surface area contributed by atoms with Gasteiger partial charge in [0.15, 0.2) is 0 Å². The van der Waals surface area contributed by atoms with E-state index in [4.69, 9.17) is 0 Å². The van der Waals surface area contributed by atoms with E-state index in [1.807, 2.05) is 30.3 Å². The van der Waals surface area contributed by atoms with Crippen LogP contribution in [0.3, 0.4) is 0 Å². The highest BCUT2D eigenvalue weighted by Gasteiger charge is 2.21. The van der Waals surface area contributed by atoms with Gasteiger partial charge in [0.2, 0.25) is 0 Å². The van der Waals surface area contributed by atoms with Crippen LogP contribution in [0.15, 0.2) is 64.2 Å². The summed E-state index contributed by atoms with van der Waals surface area (Å²) in [5.41, 5.74) is 0.689. The maximum Gasteiger partial charge on any atom is 0.253 e. The molecule has 0 unspecified atom stereocenters. The van der Waals surface area contributed by atoms with Crippen molar-refractivity contribution in [3.05, 3.63) is 80.6 Å². The smallest absolute Gasteiger partial charge is 0.253 e. The van der Waals surface area contributed by atoms with Gasteiger partial charge in [0, 0.05) is 6.54 Å². The third kappa shape index (κ3) is 2.56. The van der Waals surface area contributed by atoms with Crippen molar-refractivity contribution in [1.29, 1.82) is 0 Å². The summed E-state index contributed by atoms with van der Waals surface area (Å²) in [6.07, 6.45) is 0. The molecule has 3 N–H and O–H groups in total. The second-order valence-corrected chi connectivity index (χ2v) is 4.89. The molecule has 0 bridgehead atoms. The van der Waals surface area contributed by atoms with E-state index < -0.39 is 10.9 Å². The molecule has 22 heavy (non-hydrogen) atoms. The fraction of sp³-hybridized carbons (Fsp3) is 0.0588. The van der Waals surface area contributed by atoms with Crippen LogP contribution in [-0.2, 0) is 6.54 Å². The first-order chi connectivity index (χ1) is 10.7. The quantitative estimate of drug-likeness (QED) is 0.497. The molecule has 0 aliphatic carbocycles. The van der Waals surface area contributed by atoms with E-state index in [0.29, 0.717) is 12.2 Å². The summed E-state index contributed by atoms with van der Waals surface area (Å²) in [5.74, 6) is 0.0181. The van der Waals surface area contributed by atoms with Crippen LogP contribution in [0.25, 0.3) is 0 Å². The highest BCUT2D eigenvalue weighted by Crippen LogP contribution is 2.27. The van der Waals surface area contributed by atoms with Crippen molar-refractivity contribution >= 4 is 17.1 Å². The van der Waals surface area contributed by atoms with Gasteiger partial charge in [-0.05, 0) is 17.7 Å². The van der Waals surface area contributed by atoms with Crippen LogP contribution in [0, 0.1) is 0 Å². The molecule has 0 saturated heterocycles. The summed E-state index contributed by atoms with van der Waals surface area (Å²) in [4.78, 5) is 23.4. The number of anilines is 3. The Kier molecular flexibility index (Phi) is 3.62. The molecule has 0 spiro atoms. The second-order valence-electron chi connectivity index (χ2n) is 4.89. The molecule has 5 heteroatoms. The van der Waals surface area contributed by atoms with Crippen LogP contribution in [0.5, 0.6) is 5.75 Å². The Hall–Kier alpha value is -3.08. The van der Waals surface area contributed by atoms with Crippen LogP contribution in [0.2, 0.25) is 0 Å². The van der Waals surface area contributed by atoms with E-state index in [2.05, 4.69) is 10.6 Å². The van der Waals surface area contributed by atoms with Crippen LogP contribution < -0.4 is 21.5 Å². The Bertz CT molecular complexity index is 865. The van der Waals surface area contributed by atoms with Gasteiger partial charge in [0.25, 0.3) is 10.9 Å². The molecule has 0 heterocycles. The molecule has 3 rings (SSSR count). The molecule has 110 valence electrons. The van der Waals surface area contributed by atoms with Crippen LogP contribution >= 0.6 is 0 Å². The minimum Gasteiger partial charge on any atom is -0.506 e. The molecule has 3 aromatic rings. The Morgan fingerprint density at radius 3 is 2.18 bits per heavy atom. The van der Waals surface area contributed by atoms with Crippen molar-refractivity contribution in [1.82, 2.24) is 0 Å². The molecule has 0 aliphatic rings. The maximum absolute atomic E-state index is 11.7. The van der Waals surface area contributed by atoms with Crippen LogP contribution in [0.4, 0.5) is 17.1 Å². The van der Waals surface area contributed by atoms with Crippen molar-refractivity contribution in [3.8, 4) is 5.75 Å². The number of phenols is 1. The van der Waals surface area contributed by atoms with E-state index in [9.17, 15) is 14.7 Å². The third-order valence-electron chi connectivity index (χ3n) is 3.39. The van der Waals surface area contributed by atoms with Gasteiger partial charge >= 0.3 is 0 Å². The van der Waals surface area contributed by atoms with Gasteiger partial charge < -0.3 is 15.7 Å². The largest absolute Gasteiger partial charge is 0.506 e. The number of aromatic hydroxyl groups is 1. The normalized spacial score (nSPS) is 10.5. The zero-order chi connectivity index (χ0) is 15.5. The number of nitrogens with one attached hydrogen (secondary N) is 2. The Morgan fingerprint density at radius 1 is 0.818 bits per heavy atom. The SMILES string of the molecule is O=c1c(NCc2ccccc2)c(Nc2ccccc2O)c1=O. The zero-order valence-electron chi connectivity index (χ0n) is 11.7. The van der Waals surface area contributed by atoms with Gasteiger partial charge in [-0.1, -0.05) is 42.5 Å². The molecule has 0 aliphatic heterocycles. The van der Waals surface area contributed by atoms with Crippen molar-refractivity contribution < 1.29 is 5.11 Å². The van der Waals surface area contributed by atoms with Crippen molar-refractivity contribution in [3.63, 3.8) is 0 Å². The minimum absolute atomic E-state index is 0.0181.